The highest BCUT2D eigenvalue weighted by Crippen LogP contribution is 2.28. The van der Waals surface area contributed by atoms with E-state index in [9.17, 15) is 4.79 Å². The molecule has 2 aromatic heterocycles. The summed E-state index contributed by atoms with van der Waals surface area (Å²) >= 11 is 1.58. The fraction of sp³-hybridized carbons (Fsp3) is 0.357. The second-order valence-electron chi connectivity index (χ2n) is 4.71. The van der Waals surface area contributed by atoms with Gasteiger partial charge < -0.3 is 9.47 Å². The maximum absolute atomic E-state index is 12.5. The van der Waals surface area contributed by atoms with Gasteiger partial charge in [-0.3, -0.25) is 4.79 Å². The Labute approximate surface area is 111 Å². The largest absolute Gasteiger partial charge is 0.348 e. The number of amides is 1. The second-order valence-corrected chi connectivity index (χ2v) is 6.00. The number of fused-ring (bicyclic) bond motifs is 1. The van der Waals surface area contributed by atoms with Gasteiger partial charge >= 0.3 is 0 Å². The molecule has 0 aliphatic carbocycles. The Bertz CT molecular complexity index is 584. The Morgan fingerprint density at radius 1 is 1.33 bits per heavy atom. The van der Waals surface area contributed by atoms with Gasteiger partial charge in [-0.1, -0.05) is 0 Å². The number of aryl methyl sites for hydroxylation is 1. The summed E-state index contributed by atoms with van der Waals surface area (Å²) in [6, 6.07) is 8.25. The van der Waals surface area contributed by atoms with Crippen molar-refractivity contribution in [2.75, 3.05) is 6.54 Å². The minimum Gasteiger partial charge on any atom is -0.348 e. The van der Waals surface area contributed by atoms with Gasteiger partial charge in [0.25, 0.3) is 5.91 Å². The normalized spacial score (nSPS) is 18.8. The molecule has 0 spiro atoms. The highest BCUT2D eigenvalue weighted by atomic mass is 32.1. The molecule has 0 bridgehead atoms. The fourth-order valence-corrected chi connectivity index (χ4v) is 3.37. The molecule has 0 saturated carbocycles. The molecule has 2 aromatic rings. The topological polar surface area (TPSA) is 25.2 Å². The minimum absolute atomic E-state index is 0.156. The molecule has 1 amide bonds. The highest BCUT2D eigenvalue weighted by molar-refractivity contribution is 7.13. The van der Waals surface area contributed by atoms with Crippen LogP contribution in [0.25, 0.3) is 0 Å². The van der Waals surface area contributed by atoms with Crippen molar-refractivity contribution in [2.45, 2.75) is 26.4 Å². The van der Waals surface area contributed by atoms with Crippen molar-refractivity contribution < 1.29 is 4.79 Å². The van der Waals surface area contributed by atoms with E-state index in [1.54, 1.807) is 11.3 Å². The summed E-state index contributed by atoms with van der Waals surface area (Å²) in [4.78, 5) is 16.5. The van der Waals surface area contributed by atoms with Crippen LogP contribution < -0.4 is 0 Å². The van der Waals surface area contributed by atoms with Crippen LogP contribution >= 0.6 is 11.3 Å². The monoisotopic (exact) mass is 260 g/mol. The summed E-state index contributed by atoms with van der Waals surface area (Å²) in [5.41, 5.74) is 1.22. The molecule has 0 N–H and O–H groups in total. The maximum atomic E-state index is 12.5. The Hall–Kier alpha value is -1.55. The molecule has 1 unspecified atom stereocenters. The van der Waals surface area contributed by atoms with Crippen LogP contribution in [0, 0.1) is 6.92 Å². The molecule has 1 aliphatic heterocycles. The number of hydrogen-bond acceptors (Lipinski definition) is 2. The molecule has 94 valence electrons. The number of carbonyl (C=O) groups is 1. The first-order valence-corrected chi connectivity index (χ1v) is 7.01. The number of hydrogen-bond donors (Lipinski definition) is 0. The van der Waals surface area contributed by atoms with Crippen LogP contribution in [0.15, 0.2) is 30.5 Å². The van der Waals surface area contributed by atoms with Gasteiger partial charge in [-0.15, -0.1) is 11.3 Å². The van der Waals surface area contributed by atoms with Gasteiger partial charge in [0, 0.05) is 29.9 Å². The lowest BCUT2D eigenvalue weighted by Gasteiger charge is -2.34. The summed E-state index contributed by atoms with van der Waals surface area (Å²) in [7, 11) is 0. The third-order valence-corrected chi connectivity index (χ3v) is 4.54. The smallest absolute Gasteiger partial charge is 0.264 e. The third kappa shape index (κ3) is 1.77. The average molecular weight is 260 g/mol. The van der Waals surface area contributed by atoms with E-state index in [-0.39, 0.29) is 11.9 Å². The lowest BCUT2D eigenvalue weighted by atomic mass is 10.1. The van der Waals surface area contributed by atoms with Gasteiger partial charge in [0.1, 0.15) is 0 Å². The van der Waals surface area contributed by atoms with E-state index in [2.05, 4.69) is 29.8 Å². The van der Waals surface area contributed by atoms with Crippen molar-refractivity contribution in [3.63, 3.8) is 0 Å². The van der Waals surface area contributed by atoms with Crippen LogP contribution in [0.1, 0.15) is 33.2 Å². The fourth-order valence-electron chi connectivity index (χ4n) is 2.55. The zero-order valence-electron chi connectivity index (χ0n) is 10.6. The van der Waals surface area contributed by atoms with Gasteiger partial charge in [0.2, 0.25) is 0 Å². The standard InChI is InChI=1S/C14H16N2OS/c1-10-5-6-13(18-10)14(17)16-9-8-15-7-3-4-12(15)11(16)2/h3-7,11H,8-9H2,1-2H3. The quantitative estimate of drug-likeness (QED) is 0.773. The zero-order valence-corrected chi connectivity index (χ0v) is 11.4. The van der Waals surface area contributed by atoms with Crippen molar-refractivity contribution in [2.24, 2.45) is 0 Å². The maximum Gasteiger partial charge on any atom is 0.264 e. The summed E-state index contributed by atoms with van der Waals surface area (Å²) in [5.74, 6) is 0.160. The Morgan fingerprint density at radius 2 is 2.17 bits per heavy atom. The lowest BCUT2D eigenvalue weighted by Crippen LogP contribution is -2.40. The Morgan fingerprint density at radius 3 is 2.89 bits per heavy atom. The molecule has 0 saturated heterocycles. The van der Waals surface area contributed by atoms with E-state index in [0.29, 0.717) is 0 Å². The van der Waals surface area contributed by atoms with Crippen molar-refractivity contribution in [1.29, 1.82) is 0 Å². The molecular weight excluding hydrogens is 244 g/mol. The molecule has 3 rings (SSSR count). The van der Waals surface area contributed by atoms with Crippen molar-refractivity contribution >= 4 is 17.2 Å². The Kier molecular flexibility index (Phi) is 2.74. The minimum atomic E-state index is 0.156. The van der Waals surface area contributed by atoms with E-state index in [1.807, 2.05) is 24.0 Å². The zero-order chi connectivity index (χ0) is 12.7. The van der Waals surface area contributed by atoms with E-state index < -0.39 is 0 Å². The molecule has 3 nitrogen and oxygen atoms in total. The van der Waals surface area contributed by atoms with Crippen LogP contribution in [0.3, 0.4) is 0 Å². The van der Waals surface area contributed by atoms with E-state index in [4.69, 9.17) is 0 Å². The van der Waals surface area contributed by atoms with Gasteiger partial charge in [-0.2, -0.15) is 0 Å². The average Bonchev–Trinajstić information content (AvgIpc) is 2.97. The van der Waals surface area contributed by atoms with Gasteiger partial charge in [0.15, 0.2) is 0 Å². The number of rotatable bonds is 1. The molecule has 0 aromatic carbocycles. The number of nitrogens with zero attached hydrogens (tertiary/aromatic N) is 2. The first kappa shape index (κ1) is 11.5. The van der Waals surface area contributed by atoms with Crippen LogP contribution in [0.4, 0.5) is 0 Å². The Balaban J connectivity index is 1.88. The number of thiophene rings is 1. The molecular formula is C14H16N2OS. The van der Waals surface area contributed by atoms with Gasteiger partial charge in [-0.05, 0) is 38.1 Å². The molecule has 0 fully saturated rings. The SMILES string of the molecule is Cc1ccc(C(=O)N2CCn3cccc3C2C)s1. The molecule has 18 heavy (non-hydrogen) atoms. The predicted octanol–water partition coefficient (Wildman–Crippen LogP) is 3.08. The first-order chi connectivity index (χ1) is 8.66. The van der Waals surface area contributed by atoms with E-state index in [0.717, 1.165) is 18.0 Å². The van der Waals surface area contributed by atoms with Crippen molar-refractivity contribution in [3.8, 4) is 0 Å². The molecule has 3 heterocycles. The summed E-state index contributed by atoms with van der Waals surface area (Å²) in [5, 5.41) is 0. The summed E-state index contributed by atoms with van der Waals surface area (Å²) < 4.78 is 2.23. The van der Waals surface area contributed by atoms with E-state index >= 15 is 0 Å². The molecule has 1 atom stereocenters. The van der Waals surface area contributed by atoms with Crippen LogP contribution in [-0.4, -0.2) is 21.9 Å². The second kappa shape index (κ2) is 4.28. The van der Waals surface area contributed by atoms with Crippen molar-refractivity contribution in [3.05, 3.63) is 45.9 Å². The summed E-state index contributed by atoms with van der Waals surface area (Å²) in [6.45, 7) is 5.82. The predicted molar refractivity (Wildman–Crippen MR) is 72.9 cm³/mol. The summed E-state index contributed by atoms with van der Waals surface area (Å²) in [6.07, 6.45) is 2.09. The van der Waals surface area contributed by atoms with Crippen LogP contribution in [0.2, 0.25) is 0 Å². The third-order valence-electron chi connectivity index (χ3n) is 3.55. The molecule has 0 radical (unpaired) electrons. The van der Waals surface area contributed by atoms with Crippen molar-refractivity contribution in [1.82, 2.24) is 9.47 Å². The highest BCUT2D eigenvalue weighted by Gasteiger charge is 2.28. The first-order valence-electron chi connectivity index (χ1n) is 6.19. The van der Waals surface area contributed by atoms with Gasteiger partial charge in [-0.25, -0.2) is 0 Å². The lowest BCUT2D eigenvalue weighted by molar-refractivity contribution is 0.0649. The number of carbonyl (C=O) groups excluding carboxylic acids is 1. The van der Waals surface area contributed by atoms with Crippen LogP contribution in [0.5, 0.6) is 0 Å². The molecule has 4 heteroatoms. The van der Waals surface area contributed by atoms with E-state index in [1.165, 1.54) is 10.6 Å². The molecule has 1 aliphatic rings. The van der Waals surface area contributed by atoms with Crippen LogP contribution in [-0.2, 0) is 6.54 Å². The number of aromatic nitrogens is 1. The van der Waals surface area contributed by atoms with Gasteiger partial charge in [0.05, 0.1) is 10.9 Å².